The third kappa shape index (κ3) is 4.78. The Bertz CT molecular complexity index is 1320. The van der Waals surface area contributed by atoms with Gasteiger partial charge in [0.05, 0.1) is 34.1 Å². The fourth-order valence-corrected chi connectivity index (χ4v) is 6.68. The molecule has 11 heteroatoms. The van der Waals surface area contributed by atoms with E-state index in [1.54, 1.807) is 22.5 Å². The van der Waals surface area contributed by atoms with E-state index in [-0.39, 0.29) is 5.75 Å². The van der Waals surface area contributed by atoms with Gasteiger partial charge in [-0.3, -0.25) is 0 Å². The normalized spacial score (nSPS) is 18.6. The summed E-state index contributed by atoms with van der Waals surface area (Å²) in [6.45, 7) is 3.15. The maximum absolute atomic E-state index is 14.7. The number of imidazole rings is 1. The molecule has 3 aromatic rings. The molecule has 2 aromatic heterocycles. The first-order valence-electron chi connectivity index (χ1n) is 10.4. The Balaban J connectivity index is 1.57. The van der Waals surface area contributed by atoms with Crippen molar-refractivity contribution < 1.29 is 18.5 Å². The number of piperazine rings is 1. The van der Waals surface area contributed by atoms with E-state index in [4.69, 9.17) is 0 Å². The number of fused-ring (bicyclic) bond motifs is 1. The second-order valence-electron chi connectivity index (χ2n) is 8.42. The van der Waals surface area contributed by atoms with Gasteiger partial charge in [0.15, 0.2) is 5.82 Å². The number of rotatable bonds is 6. The highest BCUT2D eigenvalue weighted by Gasteiger charge is 2.32. The number of para-hydroxylation sites is 2. The molecule has 176 valence electrons. The largest absolute Gasteiger partial charge is 0.388 e. The number of aliphatic hydroxyl groups is 1. The minimum Gasteiger partial charge on any atom is -0.388 e. The molecule has 0 bridgehead atoms. The number of anilines is 1. The first kappa shape index (κ1) is 24.1. The SMILES string of the molecule is Cn1c(-c2cc(N3CCN(S(=O)(=C=O)CC(C)(O)CI)CC3)ncc2F)nc2ccccc21. The van der Waals surface area contributed by atoms with E-state index in [1.807, 2.05) is 63.4 Å². The van der Waals surface area contributed by atoms with Crippen LogP contribution in [0, 0.1) is 5.82 Å². The topological polar surface area (TPSA) is 91.6 Å². The maximum Gasteiger partial charge on any atom is 0.201 e. The molecule has 3 heterocycles. The summed E-state index contributed by atoms with van der Waals surface area (Å²) in [6, 6.07) is 9.30. The molecule has 1 fully saturated rings. The molecule has 33 heavy (non-hydrogen) atoms. The monoisotopic (exact) mass is 585 g/mol. The second-order valence-corrected chi connectivity index (χ2v) is 11.4. The number of alkyl halides is 1. The first-order valence-corrected chi connectivity index (χ1v) is 13.6. The number of benzene rings is 1. The van der Waals surface area contributed by atoms with Crippen molar-refractivity contribution in [2.75, 3.05) is 41.3 Å². The van der Waals surface area contributed by atoms with Gasteiger partial charge in [0.2, 0.25) is 5.23 Å². The van der Waals surface area contributed by atoms with Crippen molar-refractivity contribution in [3.05, 3.63) is 42.3 Å². The van der Waals surface area contributed by atoms with E-state index in [9.17, 15) is 18.5 Å². The van der Waals surface area contributed by atoms with Crippen LogP contribution in [0.1, 0.15) is 6.92 Å². The average molecular weight is 585 g/mol. The lowest BCUT2D eigenvalue weighted by Crippen LogP contribution is -2.52. The molecule has 2 unspecified atom stereocenters. The third-order valence-corrected chi connectivity index (χ3v) is 9.89. The molecule has 1 N–H and O–H groups in total. The van der Waals surface area contributed by atoms with Gasteiger partial charge in [-0.05, 0) is 25.1 Å². The summed E-state index contributed by atoms with van der Waals surface area (Å²) in [5, 5.41) is 12.0. The lowest BCUT2D eigenvalue weighted by Gasteiger charge is -2.37. The standard InChI is InChI=1S/C22H25FIN5O3S/c1-22(31,13-24)14-33(32,15-30)29-9-7-28(8-10-29)20-11-16(17(23)12-25-20)21-26-18-5-3-4-6-19(18)27(21)2/h3-6,11-12,31H,7-10,13-14H2,1-2H3. The number of halogens is 2. The Hall–Kier alpha value is -2.05. The highest BCUT2D eigenvalue weighted by atomic mass is 127. The van der Waals surface area contributed by atoms with E-state index < -0.39 is 21.1 Å². The van der Waals surface area contributed by atoms with Crippen LogP contribution in [0.3, 0.4) is 0 Å². The van der Waals surface area contributed by atoms with Crippen molar-refractivity contribution in [3.8, 4) is 11.4 Å². The number of carbonyl (C=O) groups excluding carboxylic acids is 1. The Morgan fingerprint density at radius 2 is 1.97 bits per heavy atom. The highest BCUT2D eigenvalue weighted by molar-refractivity contribution is 14.1. The molecule has 2 atom stereocenters. The molecule has 4 rings (SSSR count). The summed E-state index contributed by atoms with van der Waals surface area (Å²) in [5.74, 6) is 0.475. The van der Waals surface area contributed by atoms with Gasteiger partial charge in [0.25, 0.3) is 0 Å². The molecule has 1 aliphatic heterocycles. The van der Waals surface area contributed by atoms with Gasteiger partial charge >= 0.3 is 0 Å². The summed E-state index contributed by atoms with van der Waals surface area (Å²) >= 11 is 2.01. The molecule has 1 aliphatic rings. The third-order valence-electron chi connectivity index (χ3n) is 5.77. The number of pyridine rings is 1. The van der Waals surface area contributed by atoms with Crippen LogP contribution in [0.25, 0.3) is 22.4 Å². The summed E-state index contributed by atoms with van der Waals surface area (Å²) in [7, 11) is -1.28. The molecule has 1 saturated heterocycles. The Kier molecular flexibility index (Phi) is 6.79. The summed E-state index contributed by atoms with van der Waals surface area (Å²) in [4.78, 5) is 22.4. The van der Waals surface area contributed by atoms with Crippen LogP contribution in [-0.2, 0) is 21.5 Å². The fourth-order valence-electron chi connectivity index (χ4n) is 4.00. The first-order chi connectivity index (χ1) is 15.7. The van der Waals surface area contributed by atoms with E-state index in [2.05, 4.69) is 9.97 Å². The van der Waals surface area contributed by atoms with Gasteiger partial charge in [-0.1, -0.05) is 34.7 Å². The summed E-state index contributed by atoms with van der Waals surface area (Å²) in [6.07, 6.45) is 1.19. The van der Waals surface area contributed by atoms with E-state index >= 15 is 0 Å². The van der Waals surface area contributed by atoms with Gasteiger partial charge in [-0.2, -0.15) is 0 Å². The summed E-state index contributed by atoms with van der Waals surface area (Å²) < 4.78 is 31.7. The lowest BCUT2D eigenvalue weighted by molar-refractivity contribution is 0.113. The van der Waals surface area contributed by atoms with Crippen LogP contribution < -0.4 is 4.90 Å². The van der Waals surface area contributed by atoms with Crippen molar-refractivity contribution in [1.29, 1.82) is 0 Å². The number of hydrogen-bond donors (Lipinski definition) is 1. The average Bonchev–Trinajstić information content (AvgIpc) is 3.15. The zero-order valence-corrected chi connectivity index (χ0v) is 21.3. The Morgan fingerprint density at radius 1 is 1.27 bits per heavy atom. The Morgan fingerprint density at radius 3 is 2.61 bits per heavy atom. The molecule has 0 amide bonds. The fraction of sp³-hybridized carbons (Fsp3) is 0.409. The molecule has 8 nitrogen and oxygen atoms in total. The number of aryl methyl sites for hydroxylation is 1. The van der Waals surface area contributed by atoms with Crippen molar-refractivity contribution in [3.63, 3.8) is 0 Å². The summed E-state index contributed by atoms with van der Waals surface area (Å²) in [5.41, 5.74) is 0.819. The minimum absolute atomic E-state index is 0.155. The zero-order valence-electron chi connectivity index (χ0n) is 18.4. The number of aromatic nitrogens is 3. The molecule has 0 spiro atoms. The second kappa shape index (κ2) is 9.30. The van der Waals surface area contributed by atoms with Crippen LogP contribution in [0.5, 0.6) is 0 Å². The van der Waals surface area contributed by atoms with Gasteiger partial charge in [-0.25, -0.2) is 27.7 Å². The van der Waals surface area contributed by atoms with Crippen LogP contribution in [0.15, 0.2) is 36.5 Å². The molecular formula is C22H25FIN5O3S. The molecule has 1 aromatic carbocycles. The number of nitrogens with zero attached hydrogens (tertiary/aromatic N) is 5. The van der Waals surface area contributed by atoms with Crippen LogP contribution in [-0.4, -0.2) is 75.3 Å². The quantitative estimate of drug-likeness (QED) is 0.272. The van der Waals surface area contributed by atoms with Crippen molar-refractivity contribution in [2.24, 2.45) is 7.05 Å². The van der Waals surface area contributed by atoms with Gasteiger partial charge < -0.3 is 14.6 Å². The highest BCUT2D eigenvalue weighted by Crippen LogP contribution is 2.29. The van der Waals surface area contributed by atoms with Gasteiger partial charge in [0, 0.05) is 37.7 Å². The van der Waals surface area contributed by atoms with Crippen LogP contribution >= 0.6 is 22.6 Å². The maximum atomic E-state index is 14.7. The van der Waals surface area contributed by atoms with Crippen molar-refractivity contribution >= 4 is 54.4 Å². The molecule has 0 saturated carbocycles. The van der Waals surface area contributed by atoms with Crippen molar-refractivity contribution in [2.45, 2.75) is 12.5 Å². The van der Waals surface area contributed by atoms with Gasteiger partial charge in [0.1, 0.15) is 21.4 Å². The molecular weight excluding hydrogens is 560 g/mol. The minimum atomic E-state index is -3.13. The smallest absolute Gasteiger partial charge is 0.201 e. The van der Waals surface area contributed by atoms with E-state index in [1.165, 1.54) is 6.20 Å². The lowest BCUT2D eigenvalue weighted by atomic mass is 10.2. The number of hydrogen-bond acceptors (Lipinski definition) is 6. The zero-order chi connectivity index (χ0) is 23.8. The Labute approximate surface area is 205 Å². The van der Waals surface area contributed by atoms with E-state index in [0.717, 1.165) is 11.0 Å². The molecule has 0 radical (unpaired) electrons. The predicted molar refractivity (Wildman–Crippen MR) is 136 cm³/mol. The van der Waals surface area contributed by atoms with Crippen LogP contribution in [0.4, 0.5) is 10.2 Å². The predicted octanol–water partition coefficient (Wildman–Crippen LogP) is 2.35. The van der Waals surface area contributed by atoms with Crippen molar-refractivity contribution in [1.82, 2.24) is 18.8 Å². The van der Waals surface area contributed by atoms with Gasteiger partial charge in [-0.15, -0.1) is 0 Å². The molecule has 0 aliphatic carbocycles. The van der Waals surface area contributed by atoms with E-state index in [0.29, 0.717) is 47.8 Å². The van der Waals surface area contributed by atoms with Crippen LogP contribution in [0.2, 0.25) is 0 Å².